The van der Waals surface area contributed by atoms with Crippen molar-refractivity contribution >= 4 is 35.2 Å². The third kappa shape index (κ3) is 8.35. The molecular formula is C29H36FN3O10S. The Hall–Kier alpha value is -3.50. The normalized spacial score (nSPS) is 18.6. The van der Waals surface area contributed by atoms with Gasteiger partial charge in [0.1, 0.15) is 5.82 Å². The average molecular weight is 638 g/mol. The van der Waals surface area contributed by atoms with Gasteiger partial charge in [-0.2, -0.15) is 0 Å². The van der Waals surface area contributed by atoms with Crippen molar-refractivity contribution < 1.29 is 53.5 Å². The summed E-state index contributed by atoms with van der Waals surface area (Å²) in [5, 5.41) is 35.8. The molecule has 0 aliphatic carbocycles. The minimum Gasteiger partial charge on any atom is -0.481 e. The number of benzene rings is 1. The van der Waals surface area contributed by atoms with Gasteiger partial charge < -0.3 is 39.7 Å². The summed E-state index contributed by atoms with van der Waals surface area (Å²) in [5.74, 6) is -5.15. The number of morpholine rings is 1. The fourth-order valence-electron chi connectivity index (χ4n) is 5.79. The second-order valence-electron chi connectivity index (χ2n) is 11.2. The number of halogens is 1. The Kier molecular flexibility index (Phi) is 11.0. The lowest BCUT2D eigenvalue weighted by Gasteiger charge is -2.41. The number of hydrogen-bond donors (Lipinski definition) is 4. The highest BCUT2D eigenvalue weighted by Crippen LogP contribution is 2.44. The SMILES string of the molecule is O=C(C(Cc1cscn1)CN1CCC2(CC1)OCc1ccc(F)cc12)N1CCOCC1.O=C(O)CC(O)(CC(=O)O)C(=O)O. The van der Waals surface area contributed by atoms with Crippen molar-refractivity contribution in [1.82, 2.24) is 14.8 Å². The number of carboxylic acids is 3. The largest absolute Gasteiger partial charge is 0.481 e. The van der Waals surface area contributed by atoms with Crippen LogP contribution in [0.5, 0.6) is 0 Å². The van der Waals surface area contributed by atoms with Crippen LogP contribution < -0.4 is 0 Å². The molecule has 1 amide bonds. The molecule has 2 fully saturated rings. The summed E-state index contributed by atoms with van der Waals surface area (Å²) in [6, 6.07) is 5.00. The average Bonchev–Trinajstić information content (AvgIpc) is 3.61. The highest BCUT2D eigenvalue weighted by molar-refractivity contribution is 7.07. The molecule has 1 aromatic heterocycles. The van der Waals surface area contributed by atoms with Crippen molar-refractivity contribution in [3.8, 4) is 0 Å². The van der Waals surface area contributed by atoms with Gasteiger partial charge in [-0.1, -0.05) is 6.07 Å². The first-order chi connectivity index (χ1) is 20.9. The first-order valence-corrected chi connectivity index (χ1v) is 15.1. The van der Waals surface area contributed by atoms with Gasteiger partial charge in [0, 0.05) is 44.5 Å². The second-order valence-corrected chi connectivity index (χ2v) is 11.9. The minimum absolute atomic E-state index is 0.122. The molecule has 2 aromatic rings. The van der Waals surface area contributed by atoms with E-state index in [0.717, 1.165) is 42.8 Å². The zero-order valence-corrected chi connectivity index (χ0v) is 24.8. The van der Waals surface area contributed by atoms with E-state index in [4.69, 9.17) is 29.9 Å². The molecule has 3 aliphatic rings. The molecule has 0 saturated carbocycles. The van der Waals surface area contributed by atoms with Gasteiger partial charge in [-0.3, -0.25) is 14.4 Å². The van der Waals surface area contributed by atoms with Crippen molar-refractivity contribution in [2.45, 2.75) is 49.9 Å². The molecule has 240 valence electrons. The van der Waals surface area contributed by atoms with E-state index in [-0.39, 0.29) is 23.2 Å². The topological polar surface area (TPSA) is 187 Å². The van der Waals surface area contributed by atoms with E-state index in [9.17, 15) is 23.6 Å². The predicted molar refractivity (Wildman–Crippen MR) is 152 cm³/mol. The molecule has 2 saturated heterocycles. The fourth-order valence-corrected chi connectivity index (χ4v) is 6.36. The maximum absolute atomic E-state index is 13.9. The van der Waals surface area contributed by atoms with E-state index in [1.807, 2.05) is 21.9 Å². The first-order valence-electron chi connectivity index (χ1n) is 14.2. The summed E-state index contributed by atoms with van der Waals surface area (Å²) in [7, 11) is 0. The molecule has 15 heteroatoms. The van der Waals surface area contributed by atoms with Gasteiger partial charge in [0.25, 0.3) is 0 Å². The second kappa shape index (κ2) is 14.5. The monoisotopic (exact) mass is 637 g/mol. The summed E-state index contributed by atoms with van der Waals surface area (Å²) in [6.45, 7) is 5.46. The molecule has 44 heavy (non-hydrogen) atoms. The van der Waals surface area contributed by atoms with Gasteiger partial charge in [0.2, 0.25) is 5.91 Å². The molecule has 1 atom stereocenters. The molecule has 1 aromatic carbocycles. The fraction of sp³-hybridized carbons (Fsp3) is 0.552. The Bertz CT molecular complexity index is 1310. The third-order valence-electron chi connectivity index (χ3n) is 8.11. The number of aliphatic hydroxyl groups is 1. The van der Waals surface area contributed by atoms with Crippen LogP contribution in [0.2, 0.25) is 0 Å². The Morgan fingerprint density at radius 2 is 1.70 bits per heavy atom. The number of nitrogens with zero attached hydrogens (tertiary/aromatic N) is 3. The van der Waals surface area contributed by atoms with Crippen molar-refractivity contribution in [2.24, 2.45) is 5.92 Å². The van der Waals surface area contributed by atoms with Crippen molar-refractivity contribution in [2.75, 3.05) is 45.9 Å². The number of aliphatic carboxylic acids is 3. The molecule has 5 rings (SSSR count). The lowest BCUT2D eigenvalue weighted by Crippen LogP contribution is -2.49. The smallest absolute Gasteiger partial charge is 0.336 e. The number of fused-ring (bicyclic) bond motifs is 2. The highest BCUT2D eigenvalue weighted by Gasteiger charge is 2.44. The van der Waals surface area contributed by atoms with Gasteiger partial charge in [-0.05, 0) is 36.1 Å². The number of rotatable bonds is 10. The molecule has 4 heterocycles. The molecule has 1 spiro atoms. The molecule has 3 aliphatic heterocycles. The van der Waals surface area contributed by atoms with Gasteiger partial charge in [-0.25, -0.2) is 14.2 Å². The van der Waals surface area contributed by atoms with Gasteiger partial charge in [-0.15, -0.1) is 11.3 Å². The maximum atomic E-state index is 13.9. The van der Waals surface area contributed by atoms with Crippen LogP contribution in [-0.4, -0.2) is 111 Å². The Labute approximate surface area is 256 Å². The Morgan fingerprint density at radius 3 is 2.27 bits per heavy atom. The molecule has 4 N–H and O–H groups in total. The summed E-state index contributed by atoms with van der Waals surface area (Å²) < 4.78 is 25.5. The van der Waals surface area contributed by atoms with Crippen LogP contribution in [0.1, 0.15) is 42.5 Å². The number of hydrogen-bond acceptors (Lipinski definition) is 10. The Morgan fingerprint density at radius 1 is 1.05 bits per heavy atom. The summed E-state index contributed by atoms with van der Waals surface area (Å²) in [5.41, 5.74) is 1.79. The number of carboxylic acid groups (broad SMARTS) is 3. The zero-order valence-electron chi connectivity index (χ0n) is 24.0. The van der Waals surface area contributed by atoms with E-state index in [2.05, 4.69) is 9.88 Å². The van der Waals surface area contributed by atoms with Crippen molar-refractivity contribution in [1.29, 1.82) is 0 Å². The summed E-state index contributed by atoms with van der Waals surface area (Å²) >= 11 is 1.57. The van der Waals surface area contributed by atoms with E-state index < -0.39 is 36.4 Å². The van der Waals surface area contributed by atoms with E-state index >= 15 is 0 Å². The lowest BCUT2D eigenvalue weighted by atomic mass is 9.83. The lowest BCUT2D eigenvalue weighted by molar-refractivity contribution is -0.170. The molecule has 0 radical (unpaired) electrons. The number of thiazole rings is 1. The number of piperidine rings is 1. The molecule has 1 unspecified atom stereocenters. The number of ether oxygens (including phenoxy) is 2. The van der Waals surface area contributed by atoms with Gasteiger partial charge in [0.05, 0.1) is 55.4 Å². The number of carbonyl (C=O) groups is 4. The van der Waals surface area contributed by atoms with Crippen molar-refractivity contribution in [3.05, 3.63) is 51.7 Å². The molecular weight excluding hydrogens is 601 g/mol. The number of carbonyl (C=O) groups excluding carboxylic acids is 1. The van der Waals surface area contributed by atoms with Crippen LogP contribution in [0, 0.1) is 11.7 Å². The van der Waals surface area contributed by atoms with Crippen LogP contribution in [0.25, 0.3) is 0 Å². The quantitative estimate of drug-likeness (QED) is 0.295. The highest BCUT2D eigenvalue weighted by atomic mass is 32.1. The van der Waals surface area contributed by atoms with Gasteiger partial charge in [0.15, 0.2) is 5.60 Å². The molecule has 0 bridgehead atoms. The van der Waals surface area contributed by atoms with Gasteiger partial charge >= 0.3 is 17.9 Å². The first kappa shape index (κ1) is 33.4. The zero-order chi connectivity index (χ0) is 31.9. The maximum Gasteiger partial charge on any atom is 0.336 e. The molecule has 13 nitrogen and oxygen atoms in total. The van der Waals surface area contributed by atoms with E-state index in [1.165, 1.54) is 6.07 Å². The van der Waals surface area contributed by atoms with Crippen LogP contribution in [0.15, 0.2) is 29.1 Å². The Balaban J connectivity index is 0.000000289. The van der Waals surface area contributed by atoms with E-state index in [0.29, 0.717) is 45.9 Å². The summed E-state index contributed by atoms with van der Waals surface area (Å²) in [4.78, 5) is 52.5. The standard InChI is InChI=1S/C23H28FN3O3S.C6H8O7/c24-19-2-1-17-14-30-23(21(17)12-19)3-5-26(6-4-23)13-18(11-20-15-31-16-25-20)22(28)27-7-9-29-10-8-27;7-3(8)1-6(13,5(11)12)2-4(9)10/h1-2,12,15-16,18H,3-11,13-14H2;13H,1-2H2,(H,7,8)(H,9,10)(H,11,12). The van der Waals surface area contributed by atoms with Crippen LogP contribution in [0.4, 0.5) is 4.39 Å². The predicted octanol–water partition coefficient (Wildman–Crippen LogP) is 1.57. The number of likely N-dealkylation sites (tertiary alicyclic amines) is 1. The van der Waals surface area contributed by atoms with Crippen LogP contribution in [-0.2, 0) is 47.3 Å². The van der Waals surface area contributed by atoms with Crippen LogP contribution >= 0.6 is 11.3 Å². The third-order valence-corrected chi connectivity index (χ3v) is 8.74. The number of aromatic nitrogens is 1. The summed E-state index contributed by atoms with van der Waals surface area (Å²) in [6.07, 6.45) is 0.00633. The minimum atomic E-state index is -2.74. The van der Waals surface area contributed by atoms with E-state index in [1.54, 1.807) is 17.4 Å². The van der Waals surface area contributed by atoms with Crippen LogP contribution in [0.3, 0.4) is 0 Å². The van der Waals surface area contributed by atoms with Crippen molar-refractivity contribution in [3.63, 3.8) is 0 Å². The number of amides is 1.